The van der Waals surface area contributed by atoms with E-state index in [4.69, 9.17) is 4.74 Å². The molecule has 0 spiro atoms. The van der Waals surface area contributed by atoms with Gasteiger partial charge in [-0.2, -0.15) is 0 Å². The number of allylic oxidation sites excluding steroid dienone is 3. The van der Waals surface area contributed by atoms with Crippen molar-refractivity contribution >= 4 is 5.97 Å². The van der Waals surface area contributed by atoms with Crippen LogP contribution in [0.5, 0.6) is 0 Å². The van der Waals surface area contributed by atoms with Gasteiger partial charge in [0.2, 0.25) is 0 Å². The van der Waals surface area contributed by atoms with Gasteiger partial charge in [0.05, 0.1) is 12.0 Å². The third-order valence-electron chi connectivity index (χ3n) is 4.76. The fraction of sp³-hybridized carbons (Fsp3) is 0.737. The molecule has 2 heteroatoms. The first kappa shape index (κ1) is 18.0. The number of carbonyl (C=O) groups is 1. The molecule has 0 aromatic carbocycles. The highest BCUT2D eigenvalue weighted by molar-refractivity contribution is 5.71. The Kier molecular flexibility index (Phi) is 6.70. The zero-order valence-electron chi connectivity index (χ0n) is 14.7. The largest absolute Gasteiger partial charge is 0.462 e. The molecule has 0 aromatic heterocycles. The monoisotopic (exact) mass is 292 g/mol. The third kappa shape index (κ3) is 4.72. The molecule has 1 rings (SSSR count). The third-order valence-corrected chi connectivity index (χ3v) is 4.76. The van der Waals surface area contributed by atoms with Crippen LogP contribution in [0.2, 0.25) is 0 Å². The molecule has 0 radical (unpaired) electrons. The van der Waals surface area contributed by atoms with E-state index in [-0.39, 0.29) is 18.0 Å². The van der Waals surface area contributed by atoms with Gasteiger partial charge in [-0.25, -0.2) is 0 Å². The Bertz CT molecular complexity index is 417. The van der Waals surface area contributed by atoms with E-state index >= 15 is 0 Å². The Labute approximate surface area is 130 Å². The molecule has 1 aliphatic carbocycles. The summed E-state index contributed by atoms with van der Waals surface area (Å²) in [4.78, 5) is 11.6. The van der Waals surface area contributed by atoms with Crippen molar-refractivity contribution in [2.24, 2.45) is 17.8 Å². The molecule has 2 nitrogen and oxygen atoms in total. The van der Waals surface area contributed by atoms with Crippen LogP contribution in [0.4, 0.5) is 0 Å². The van der Waals surface area contributed by atoms with Gasteiger partial charge in [0.25, 0.3) is 0 Å². The van der Waals surface area contributed by atoms with Gasteiger partial charge in [-0.15, -0.1) is 0 Å². The van der Waals surface area contributed by atoms with Crippen LogP contribution in [0.1, 0.15) is 67.2 Å². The number of hydrogen-bond donors (Lipinski definition) is 0. The molecule has 120 valence electrons. The van der Waals surface area contributed by atoms with E-state index in [1.54, 1.807) is 11.1 Å². The molecule has 3 atom stereocenters. The fourth-order valence-corrected chi connectivity index (χ4v) is 3.24. The maximum absolute atomic E-state index is 11.6. The minimum absolute atomic E-state index is 0.00773. The van der Waals surface area contributed by atoms with Crippen molar-refractivity contribution in [2.75, 3.05) is 0 Å². The van der Waals surface area contributed by atoms with Crippen LogP contribution in [-0.4, -0.2) is 12.1 Å². The molecular weight excluding hydrogens is 260 g/mol. The summed E-state index contributed by atoms with van der Waals surface area (Å²) in [6.07, 6.45) is 4.34. The standard InChI is InChI=1S/C19H32O2/c1-8-16-11-18(12(2)3)17(15(16)7)10-9-14(6)21-19(20)13(4)5/h13-14,16,18H,2,8-11H2,1,3-7H3/t14-,16+,18+/m1/s1. The molecule has 0 amide bonds. The summed E-state index contributed by atoms with van der Waals surface area (Å²) in [7, 11) is 0. The van der Waals surface area contributed by atoms with Gasteiger partial charge in [-0.05, 0) is 52.4 Å². The molecule has 0 N–H and O–H groups in total. The first-order valence-corrected chi connectivity index (χ1v) is 8.33. The van der Waals surface area contributed by atoms with Gasteiger partial charge >= 0.3 is 5.97 Å². The lowest BCUT2D eigenvalue weighted by atomic mass is 9.90. The van der Waals surface area contributed by atoms with E-state index in [1.807, 2.05) is 20.8 Å². The van der Waals surface area contributed by atoms with E-state index in [2.05, 4.69) is 27.4 Å². The molecule has 0 aliphatic heterocycles. The highest BCUT2D eigenvalue weighted by Gasteiger charge is 2.30. The van der Waals surface area contributed by atoms with E-state index in [1.165, 1.54) is 18.4 Å². The van der Waals surface area contributed by atoms with Gasteiger partial charge in [-0.3, -0.25) is 4.79 Å². The summed E-state index contributed by atoms with van der Waals surface area (Å²) < 4.78 is 5.47. The summed E-state index contributed by atoms with van der Waals surface area (Å²) in [6, 6.07) is 0. The lowest BCUT2D eigenvalue weighted by molar-refractivity contribution is -0.152. The molecule has 1 aliphatic rings. The molecule has 0 aromatic rings. The van der Waals surface area contributed by atoms with Crippen LogP contribution in [0.15, 0.2) is 23.3 Å². The lowest BCUT2D eigenvalue weighted by Crippen LogP contribution is -2.19. The van der Waals surface area contributed by atoms with Crippen molar-refractivity contribution in [2.45, 2.75) is 73.3 Å². The summed E-state index contributed by atoms with van der Waals surface area (Å²) in [6.45, 7) is 16.6. The Morgan fingerprint density at radius 3 is 2.48 bits per heavy atom. The number of carbonyl (C=O) groups excluding carboxylic acids is 1. The zero-order valence-corrected chi connectivity index (χ0v) is 14.7. The first-order chi connectivity index (χ1) is 9.77. The van der Waals surface area contributed by atoms with Crippen molar-refractivity contribution in [3.63, 3.8) is 0 Å². The SMILES string of the molecule is C=C(C)[C@@H]1C[C@H](CC)C(C)=C1CC[C@@H](C)OC(=O)C(C)C. The molecule has 0 fully saturated rings. The lowest BCUT2D eigenvalue weighted by Gasteiger charge is -2.19. The van der Waals surface area contributed by atoms with Gasteiger partial charge < -0.3 is 4.74 Å². The average molecular weight is 292 g/mol. The van der Waals surface area contributed by atoms with Crippen LogP contribution >= 0.6 is 0 Å². The second-order valence-electron chi connectivity index (χ2n) is 6.89. The minimum Gasteiger partial charge on any atom is -0.462 e. The van der Waals surface area contributed by atoms with Crippen molar-refractivity contribution in [1.29, 1.82) is 0 Å². The van der Waals surface area contributed by atoms with Crippen LogP contribution in [0.25, 0.3) is 0 Å². The molecule has 0 heterocycles. The van der Waals surface area contributed by atoms with E-state index in [0.717, 1.165) is 12.8 Å². The van der Waals surface area contributed by atoms with E-state index in [0.29, 0.717) is 11.8 Å². The van der Waals surface area contributed by atoms with Crippen LogP contribution in [0.3, 0.4) is 0 Å². The molecule has 21 heavy (non-hydrogen) atoms. The van der Waals surface area contributed by atoms with Crippen LogP contribution in [-0.2, 0) is 9.53 Å². The van der Waals surface area contributed by atoms with Gasteiger partial charge in [-0.1, -0.05) is 44.1 Å². The minimum atomic E-state index is -0.0949. The quantitative estimate of drug-likeness (QED) is 0.470. The topological polar surface area (TPSA) is 26.3 Å². The molecular formula is C19H32O2. The van der Waals surface area contributed by atoms with E-state index in [9.17, 15) is 4.79 Å². The summed E-state index contributed by atoms with van der Waals surface area (Å²) in [5.41, 5.74) is 4.36. The summed E-state index contributed by atoms with van der Waals surface area (Å²) in [5, 5.41) is 0. The molecule has 0 saturated heterocycles. The maximum Gasteiger partial charge on any atom is 0.308 e. The number of hydrogen-bond acceptors (Lipinski definition) is 2. The predicted molar refractivity (Wildman–Crippen MR) is 89.0 cm³/mol. The average Bonchev–Trinajstić information content (AvgIpc) is 2.72. The normalized spacial score (nSPS) is 23.6. The molecule has 0 bridgehead atoms. The number of ether oxygens (including phenoxy) is 1. The second kappa shape index (κ2) is 7.82. The van der Waals surface area contributed by atoms with Crippen LogP contribution < -0.4 is 0 Å². The second-order valence-corrected chi connectivity index (χ2v) is 6.89. The van der Waals surface area contributed by atoms with Crippen molar-refractivity contribution in [3.05, 3.63) is 23.3 Å². The Hall–Kier alpha value is -1.05. The van der Waals surface area contributed by atoms with Crippen LogP contribution in [0, 0.1) is 17.8 Å². The Morgan fingerprint density at radius 1 is 1.38 bits per heavy atom. The summed E-state index contributed by atoms with van der Waals surface area (Å²) in [5.74, 6) is 1.09. The van der Waals surface area contributed by atoms with E-state index < -0.39 is 0 Å². The predicted octanol–water partition coefficient (Wildman–Crippen LogP) is 5.29. The zero-order chi connectivity index (χ0) is 16.2. The summed E-state index contributed by atoms with van der Waals surface area (Å²) >= 11 is 0. The van der Waals surface area contributed by atoms with Gasteiger partial charge in [0.15, 0.2) is 0 Å². The maximum atomic E-state index is 11.6. The molecule has 0 saturated carbocycles. The van der Waals surface area contributed by atoms with Crippen molar-refractivity contribution < 1.29 is 9.53 Å². The number of rotatable bonds is 7. The van der Waals surface area contributed by atoms with Crippen molar-refractivity contribution in [1.82, 2.24) is 0 Å². The smallest absolute Gasteiger partial charge is 0.308 e. The Morgan fingerprint density at radius 2 is 2.00 bits per heavy atom. The Balaban J connectivity index is 2.64. The molecule has 0 unspecified atom stereocenters. The van der Waals surface area contributed by atoms with Crippen molar-refractivity contribution in [3.8, 4) is 0 Å². The number of esters is 1. The fourth-order valence-electron chi connectivity index (χ4n) is 3.24. The first-order valence-electron chi connectivity index (χ1n) is 8.33. The highest BCUT2D eigenvalue weighted by atomic mass is 16.5. The highest BCUT2D eigenvalue weighted by Crippen LogP contribution is 2.43. The van der Waals surface area contributed by atoms with Gasteiger partial charge in [0, 0.05) is 5.92 Å². The van der Waals surface area contributed by atoms with Gasteiger partial charge in [0.1, 0.15) is 0 Å².